The fraction of sp³-hybridized carbons (Fsp3) is 0.250. The summed E-state index contributed by atoms with van der Waals surface area (Å²) in [6.07, 6.45) is 6.06. The molecule has 0 aromatic rings. The summed E-state index contributed by atoms with van der Waals surface area (Å²) in [7, 11) is 0. The van der Waals surface area contributed by atoms with Crippen molar-refractivity contribution in [1.29, 1.82) is 0 Å². The third kappa shape index (κ3) is 1.15. The number of aryl methyl sites for hydroxylation is 1. The van der Waals surface area contributed by atoms with Crippen LogP contribution in [0.2, 0.25) is 0 Å². The summed E-state index contributed by atoms with van der Waals surface area (Å²) in [5, 5.41) is 0. The molecule has 0 spiro atoms. The molecule has 0 amide bonds. The second-order valence-corrected chi connectivity index (χ2v) is 2.55. The molecule has 12 heavy (non-hydrogen) atoms. The van der Waals surface area contributed by atoms with Crippen molar-refractivity contribution in [3.05, 3.63) is 25.8 Å². The Morgan fingerprint density at radius 2 is 2.25 bits per heavy atom. The number of fused-ring (bicyclic) bond motifs is 1. The fourth-order valence-corrected chi connectivity index (χ4v) is 1.08. The van der Waals surface area contributed by atoms with Gasteiger partial charge in [0.1, 0.15) is 12.0 Å². The Morgan fingerprint density at radius 3 is 3.08 bits per heavy atom. The largest absolute Gasteiger partial charge is 0.337 e. The molecule has 0 saturated heterocycles. The third-order valence-electron chi connectivity index (χ3n) is 1.64. The van der Waals surface area contributed by atoms with Crippen molar-refractivity contribution in [2.24, 2.45) is 0 Å². The van der Waals surface area contributed by atoms with Crippen molar-refractivity contribution in [1.82, 2.24) is 19.5 Å². The van der Waals surface area contributed by atoms with Gasteiger partial charge in [0.2, 0.25) is 0 Å². The SMILES string of the molecule is [CH2]CCn1cnc2ncnc-2c1. The van der Waals surface area contributed by atoms with Crippen LogP contribution in [0.3, 0.4) is 0 Å². The van der Waals surface area contributed by atoms with Gasteiger partial charge in [-0.1, -0.05) is 6.92 Å². The molecule has 0 fully saturated rings. The zero-order chi connectivity index (χ0) is 8.39. The summed E-state index contributed by atoms with van der Waals surface area (Å²) in [5.74, 6) is 0.704. The molecule has 1 radical (unpaired) electrons. The van der Waals surface area contributed by atoms with E-state index in [1.807, 2.05) is 10.8 Å². The minimum atomic E-state index is 0.704. The number of hydrogen-bond acceptors (Lipinski definition) is 3. The predicted octanol–water partition coefficient (Wildman–Crippen LogP) is 1.00. The van der Waals surface area contributed by atoms with E-state index in [2.05, 4.69) is 21.9 Å². The maximum Gasteiger partial charge on any atom is 0.182 e. The molecule has 2 aliphatic rings. The van der Waals surface area contributed by atoms with E-state index in [1.54, 1.807) is 6.33 Å². The second-order valence-electron chi connectivity index (χ2n) is 2.55. The van der Waals surface area contributed by atoms with Gasteiger partial charge < -0.3 is 4.57 Å². The van der Waals surface area contributed by atoms with Crippen molar-refractivity contribution < 1.29 is 0 Å². The van der Waals surface area contributed by atoms with Gasteiger partial charge in [-0.3, -0.25) is 0 Å². The summed E-state index contributed by atoms with van der Waals surface area (Å²) in [6.45, 7) is 4.63. The Bertz CT molecular complexity index is 341. The average Bonchev–Trinajstić information content (AvgIpc) is 2.51. The van der Waals surface area contributed by atoms with Gasteiger partial charge in [0.15, 0.2) is 5.82 Å². The lowest BCUT2D eigenvalue weighted by molar-refractivity contribution is 0.686. The van der Waals surface area contributed by atoms with Crippen LogP contribution in [0.1, 0.15) is 6.42 Å². The van der Waals surface area contributed by atoms with E-state index in [-0.39, 0.29) is 0 Å². The van der Waals surface area contributed by atoms with E-state index in [4.69, 9.17) is 0 Å². The maximum absolute atomic E-state index is 4.12. The van der Waals surface area contributed by atoms with E-state index >= 15 is 0 Å². The first-order chi connectivity index (χ1) is 5.90. The Hall–Kier alpha value is -1.45. The van der Waals surface area contributed by atoms with Gasteiger partial charge in [0.05, 0.1) is 6.33 Å². The third-order valence-corrected chi connectivity index (χ3v) is 1.64. The van der Waals surface area contributed by atoms with E-state index < -0.39 is 0 Å². The number of aromatic nitrogens is 4. The first kappa shape index (κ1) is 7.21. The monoisotopic (exact) mass is 161 g/mol. The summed E-state index contributed by atoms with van der Waals surface area (Å²) in [5.41, 5.74) is 0.839. The highest BCUT2D eigenvalue weighted by atomic mass is 15.1. The van der Waals surface area contributed by atoms with Crippen LogP contribution >= 0.6 is 0 Å². The smallest absolute Gasteiger partial charge is 0.182 e. The summed E-state index contributed by atoms with van der Waals surface area (Å²) >= 11 is 0. The van der Waals surface area contributed by atoms with Gasteiger partial charge in [-0.05, 0) is 6.42 Å². The standard InChI is InChI=1S/C8H9N4/c1-2-3-12-4-7-8(11-6-12)10-5-9-7/h4-6H,1-3H2. The molecule has 0 aromatic carbocycles. The van der Waals surface area contributed by atoms with Gasteiger partial charge in [0, 0.05) is 12.7 Å². The Morgan fingerprint density at radius 1 is 1.33 bits per heavy atom. The van der Waals surface area contributed by atoms with Crippen molar-refractivity contribution in [2.75, 3.05) is 0 Å². The first-order valence-corrected chi connectivity index (χ1v) is 3.82. The summed E-state index contributed by atoms with van der Waals surface area (Å²) < 4.78 is 1.96. The number of imidazole rings is 1. The molecular formula is C8H9N4. The molecule has 0 atom stereocenters. The average molecular weight is 161 g/mol. The van der Waals surface area contributed by atoms with Gasteiger partial charge >= 0.3 is 0 Å². The van der Waals surface area contributed by atoms with Gasteiger partial charge in [-0.2, -0.15) is 0 Å². The first-order valence-electron chi connectivity index (χ1n) is 3.82. The molecule has 2 rings (SSSR count). The Labute approximate surface area is 70.6 Å². The fourth-order valence-electron chi connectivity index (χ4n) is 1.08. The normalized spacial score (nSPS) is 10.8. The van der Waals surface area contributed by atoms with Crippen LogP contribution in [-0.2, 0) is 6.54 Å². The van der Waals surface area contributed by atoms with Crippen molar-refractivity contribution >= 4 is 0 Å². The van der Waals surface area contributed by atoms with Crippen LogP contribution in [0.4, 0.5) is 0 Å². The minimum Gasteiger partial charge on any atom is -0.337 e. The number of hydrogen-bond donors (Lipinski definition) is 0. The number of nitrogens with zero attached hydrogens (tertiary/aromatic N) is 4. The minimum absolute atomic E-state index is 0.704. The molecule has 4 nitrogen and oxygen atoms in total. The lowest BCUT2D eigenvalue weighted by Gasteiger charge is -2.03. The molecule has 0 bridgehead atoms. The summed E-state index contributed by atoms with van der Waals surface area (Å²) in [6, 6.07) is 0. The lowest BCUT2D eigenvalue weighted by Crippen LogP contribution is -2.00. The predicted molar refractivity (Wildman–Crippen MR) is 44.4 cm³/mol. The lowest BCUT2D eigenvalue weighted by atomic mass is 10.4. The molecule has 0 N–H and O–H groups in total. The molecule has 2 heterocycles. The second kappa shape index (κ2) is 2.89. The van der Waals surface area contributed by atoms with Crippen molar-refractivity contribution in [3.63, 3.8) is 0 Å². The van der Waals surface area contributed by atoms with Crippen LogP contribution in [0, 0.1) is 6.92 Å². The van der Waals surface area contributed by atoms with Crippen molar-refractivity contribution in [2.45, 2.75) is 13.0 Å². The zero-order valence-corrected chi connectivity index (χ0v) is 6.64. The quantitative estimate of drug-likeness (QED) is 0.660. The topological polar surface area (TPSA) is 43.6 Å². The zero-order valence-electron chi connectivity index (χ0n) is 6.64. The highest BCUT2D eigenvalue weighted by Gasteiger charge is 2.05. The molecule has 0 aliphatic carbocycles. The van der Waals surface area contributed by atoms with Crippen LogP contribution < -0.4 is 0 Å². The highest BCUT2D eigenvalue weighted by molar-refractivity contribution is 5.47. The number of rotatable bonds is 2. The molecule has 0 unspecified atom stereocenters. The maximum atomic E-state index is 4.12. The molecule has 0 saturated carbocycles. The molecule has 4 heteroatoms. The van der Waals surface area contributed by atoms with Crippen molar-refractivity contribution in [3.8, 4) is 11.5 Å². The highest BCUT2D eigenvalue weighted by Crippen LogP contribution is 2.11. The van der Waals surface area contributed by atoms with E-state index in [1.165, 1.54) is 6.33 Å². The van der Waals surface area contributed by atoms with E-state index in [9.17, 15) is 0 Å². The summed E-state index contributed by atoms with van der Waals surface area (Å²) in [4.78, 5) is 12.1. The molecular weight excluding hydrogens is 152 g/mol. The molecule has 2 aliphatic heterocycles. The van der Waals surface area contributed by atoms with Crippen LogP contribution in [-0.4, -0.2) is 19.5 Å². The Kier molecular flexibility index (Phi) is 1.74. The van der Waals surface area contributed by atoms with E-state index in [0.29, 0.717) is 5.82 Å². The van der Waals surface area contributed by atoms with Crippen LogP contribution in [0.25, 0.3) is 11.5 Å². The molecule has 61 valence electrons. The molecule has 0 aromatic heterocycles. The Balaban J connectivity index is 2.40. The van der Waals surface area contributed by atoms with Gasteiger partial charge in [0.25, 0.3) is 0 Å². The van der Waals surface area contributed by atoms with E-state index in [0.717, 1.165) is 18.7 Å². The van der Waals surface area contributed by atoms with Gasteiger partial charge in [-0.15, -0.1) is 0 Å². The van der Waals surface area contributed by atoms with Crippen LogP contribution in [0.15, 0.2) is 18.9 Å². The van der Waals surface area contributed by atoms with Gasteiger partial charge in [-0.25, -0.2) is 15.0 Å². The van der Waals surface area contributed by atoms with Crippen LogP contribution in [0.5, 0.6) is 0 Å².